The first kappa shape index (κ1) is 23.7. The van der Waals surface area contributed by atoms with Crippen LogP contribution in [0, 0.1) is 12.3 Å². The van der Waals surface area contributed by atoms with E-state index in [0.29, 0.717) is 6.20 Å². The number of carbonyl (C=O) groups excluding carboxylic acids is 2. The summed E-state index contributed by atoms with van der Waals surface area (Å²) < 4.78 is 48.9. The lowest BCUT2D eigenvalue weighted by molar-refractivity contribution is -0.122. The van der Waals surface area contributed by atoms with Gasteiger partial charge in [-0.15, -0.1) is 0 Å². The van der Waals surface area contributed by atoms with Gasteiger partial charge in [-0.05, 0) is 32.0 Å². The number of primary amides is 1. The molecule has 2 atom stereocenters. The number of rotatable bonds is 8. The third-order valence-electron chi connectivity index (χ3n) is 4.34. The van der Waals surface area contributed by atoms with Crippen LogP contribution in [0.2, 0.25) is 0 Å². The van der Waals surface area contributed by atoms with Crippen molar-refractivity contribution < 1.29 is 37.0 Å². The predicted octanol–water partition coefficient (Wildman–Crippen LogP) is 1.51. The maximum Gasteiger partial charge on any atom is 0.433 e. The number of hydrogen-bond acceptors (Lipinski definition) is 7. The van der Waals surface area contributed by atoms with Crippen molar-refractivity contribution in [3.05, 3.63) is 41.3 Å². The fourth-order valence-electron chi connectivity index (χ4n) is 2.76. The van der Waals surface area contributed by atoms with E-state index in [1.807, 2.05) is 0 Å². The summed E-state index contributed by atoms with van der Waals surface area (Å²) in [5.74, 6) is -1.41. The van der Waals surface area contributed by atoms with E-state index in [1.54, 1.807) is 0 Å². The Hall–Kier alpha value is -3.54. The summed E-state index contributed by atoms with van der Waals surface area (Å²) in [5, 5.41) is 19.3. The quantitative estimate of drug-likeness (QED) is 0.389. The minimum absolute atomic E-state index is 0.0324. The highest BCUT2D eigenvalue weighted by Crippen LogP contribution is 2.30. The average Bonchev–Trinajstić information content (AvgIpc) is 3.00. The molecule has 7 N–H and O–H groups in total. The van der Waals surface area contributed by atoms with Gasteiger partial charge in [-0.3, -0.25) is 15.0 Å². The Labute approximate surface area is 174 Å². The van der Waals surface area contributed by atoms with Gasteiger partial charge in [0, 0.05) is 17.2 Å². The Morgan fingerprint density at radius 1 is 1.39 bits per heavy atom. The van der Waals surface area contributed by atoms with Gasteiger partial charge in [0.2, 0.25) is 5.91 Å². The molecular formula is C19H21F3N4O5. The van der Waals surface area contributed by atoms with Crippen molar-refractivity contribution in [1.29, 1.82) is 5.41 Å². The first-order chi connectivity index (χ1) is 14.4. The van der Waals surface area contributed by atoms with Gasteiger partial charge in [0.1, 0.15) is 35.5 Å². The van der Waals surface area contributed by atoms with Gasteiger partial charge in [0.05, 0.1) is 11.7 Å². The number of amides is 2. The number of benzene rings is 1. The van der Waals surface area contributed by atoms with Crippen LogP contribution in [0.4, 0.5) is 13.2 Å². The molecule has 1 heterocycles. The maximum atomic E-state index is 12.7. The normalized spacial score (nSPS) is 14.2. The monoisotopic (exact) mass is 442 g/mol. The number of aliphatic hydroxyl groups is 1. The standard InChI is InChI=1S/C19H21F3N4O5/c1-8(27)15(17(25)28)26-18(29)14-9(2)31-13-4-3-11(5-12(13)14)30-7-10(6-23)16(24)19(20,21)22/h3-6,8,15,24,27H,7,23H2,1-2H3,(H2,25,28)(H,26,29)/b10-6-,24-16?/t8-,15+/m1/s1. The van der Waals surface area contributed by atoms with E-state index in [-0.39, 0.29) is 28.0 Å². The zero-order chi connectivity index (χ0) is 23.5. The molecule has 2 amide bonds. The van der Waals surface area contributed by atoms with Crippen LogP contribution in [0.1, 0.15) is 23.0 Å². The highest BCUT2D eigenvalue weighted by molar-refractivity contribution is 6.08. The van der Waals surface area contributed by atoms with E-state index < -0.39 is 48.0 Å². The molecule has 0 fully saturated rings. The number of halogens is 3. The Morgan fingerprint density at radius 3 is 2.55 bits per heavy atom. The van der Waals surface area contributed by atoms with Gasteiger partial charge >= 0.3 is 6.18 Å². The molecule has 0 aliphatic carbocycles. The van der Waals surface area contributed by atoms with Crippen LogP contribution >= 0.6 is 0 Å². The molecule has 1 aromatic heterocycles. The van der Waals surface area contributed by atoms with Crippen LogP contribution in [0.3, 0.4) is 0 Å². The van der Waals surface area contributed by atoms with E-state index >= 15 is 0 Å². The minimum Gasteiger partial charge on any atom is -0.489 e. The molecule has 0 unspecified atom stereocenters. The van der Waals surface area contributed by atoms with Gasteiger partial charge in [-0.25, -0.2) is 0 Å². The second-order valence-electron chi connectivity index (χ2n) is 6.64. The second-order valence-corrected chi connectivity index (χ2v) is 6.64. The summed E-state index contributed by atoms with van der Waals surface area (Å²) in [4.78, 5) is 24.1. The van der Waals surface area contributed by atoms with Gasteiger partial charge < -0.3 is 31.0 Å². The largest absolute Gasteiger partial charge is 0.489 e. The summed E-state index contributed by atoms with van der Waals surface area (Å²) >= 11 is 0. The molecule has 31 heavy (non-hydrogen) atoms. The molecule has 0 aliphatic rings. The zero-order valence-electron chi connectivity index (χ0n) is 16.5. The number of hydrogen-bond donors (Lipinski definition) is 5. The van der Waals surface area contributed by atoms with Gasteiger partial charge in [0.15, 0.2) is 0 Å². The number of nitrogens with one attached hydrogen (secondary N) is 2. The fraction of sp³-hybridized carbons (Fsp3) is 0.316. The molecule has 12 heteroatoms. The lowest BCUT2D eigenvalue weighted by Crippen LogP contribution is -2.50. The second kappa shape index (κ2) is 9.08. The van der Waals surface area contributed by atoms with Crippen molar-refractivity contribution in [3.8, 4) is 5.75 Å². The average molecular weight is 442 g/mol. The summed E-state index contributed by atoms with van der Waals surface area (Å²) in [6, 6.07) is 2.85. The number of aryl methyl sites for hydroxylation is 1. The van der Waals surface area contributed by atoms with E-state index in [2.05, 4.69) is 5.32 Å². The highest BCUT2D eigenvalue weighted by atomic mass is 19.4. The van der Waals surface area contributed by atoms with Crippen molar-refractivity contribution in [3.63, 3.8) is 0 Å². The zero-order valence-corrected chi connectivity index (χ0v) is 16.5. The number of furan rings is 1. The Balaban J connectivity index is 2.31. The van der Waals surface area contributed by atoms with Gasteiger partial charge in [-0.1, -0.05) is 0 Å². The van der Waals surface area contributed by atoms with Gasteiger partial charge in [0.25, 0.3) is 5.91 Å². The lowest BCUT2D eigenvalue weighted by Gasteiger charge is -2.18. The molecule has 0 radical (unpaired) electrons. The Morgan fingerprint density at radius 2 is 2.03 bits per heavy atom. The number of nitrogens with two attached hydrogens (primary N) is 2. The molecule has 0 bridgehead atoms. The van der Waals surface area contributed by atoms with E-state index in [9.17, 15) is 27.9 Å². The number of ether oxygens (including phenoxy) is 1. The Kier molecular flexibility index (Phi) is 6.95. The maximum absolute atomic E-state index is 12.7. The summed E-state index contributed by atoms with van der Waals surface area (Å²) in [5.41, 5.74) is 8.46. The highest BCUT2D eigenvalue weighted by Gasteiger charge is 2.36. The van der Waals surface area contributed by atoms with Gasteiger partial charge in [-0.2, -0.15) is 13.2 Å². The third kappa shape index (κ3) is 5.34. The van der Waals surface area contributed by atoms with Crippen molar-refractivity contribution in [2.45, 2.75) is 32.2 Å². The summed E-state index contributed by atoms with van der Waals surface area (Å²) in [7, 11) is 0. The SMILES string of the molecule is Cc1oc2ccc(OC/C(=C/N)C(=N)C(F)(F)F)cc2c1C(=O)N[C@H](C(N)=O)[C@@H](C)O. The lowest BCUT2D eigenvalue weighted by atomic mass is 10.1. The van der Waals surface area contributed by atoms with Crippen LogP contribution in [0.15, 0.2) is 34.4 Å². The molecule has 168 valence electrons. The van der Waals surface area contributed by atoms with Crippen LogP contribution < -0.4 is 21.5 Å². The Bertz CT molecular complexity index is 1040. The topological polar surface area (TPSA) is 165 Å². The predicted molar refractivity (Wildman–Crippen MR) is 105 cm³/mol. The molecule has 9 nitrogen and oxygen atoms in total. The van der Waals surface area contributed by atoms with Crippen LogP contribution in [0.5, 0.6) is 5.75 Å². The van der Waals surface area contributed by atoms with Crippen LogP contribution in [-0.2, 0) is 4.79 Å². The van der Waals surface area contributed by atoms with Crippen molar-refractivity contribution >= 4 is 28.5 Å². The van der Waals surface area contributed by atoms with E-state index in [0.717, 1.165) is 0 Å². The van der Waals surface area contributed by atoms with Crippen molar-refractivity contribution in [2.75, 3.05) is 6.61 Å². The van der Waals surface area contributed by atoms with Crippen LogP contribution in [-0.4, -0.2) is 47.6 Å². The molecule has 2 rings (SSSR count). The van der Waals surface area contributed by atoms with Crippen molar-refractivity contribution in [1.82, 2.24) is 5.32 Å². The van der Waals surface area contributed by atoms with Crippen LogP contribution in [0.25, 0.3) is 11.0 Å². The molecular weight excluding hydrogens is 421 g/mol. The molecule has 0 saturated carbocycles. The summed E-state index contributed by atoms with van der Waals surface area (Å²) in [6.45, 7) is 2.14. The molecule has 0 aliphatic heterocycles. The third-order valence-corrected chi connectivity index (χ3v) is 4.34. The first-order valence-corrected chi connectivity index (χ1v) is 8.87. The fourth-order valence-corrected chi connectivity index (χ4v) is 2.76. The first-order valence-electron chi connectivity index (χ1n) is 8.87. The number of carbonyl (C=O) groups is 2. The molecule has 1 aromatic carbocycles. The molecule has 0 spiro atoms. The number of aliphatic hydroxyl groups excluding tert-OH is 1. The minimum atomic E-state index is -4.88. The number of fused-ring (bicyclic) bond motifs is 1. The number of alkyl halides is 3. The molecule has 2 aromatic rings. The van der Waals surface area contributed by atoms with Crippen molar-refractivity contribution in [2.24, 2.45) is 11.5 Å². The molecule has 0 saturated heterocycles. The summed E-state index contributed by atoms with van der Waals surface area (Å²) in [6.07, 6.45) is -5.49. The van der Waals surface area contributed by atoms with E-state index in [1.165, 1.54) is 32.0 Å². The van der Waals surface area contributed by atoms with E-state index in [4.69, 9.17) is 26.0 Å². The smallest absolute Gasteiger partial charge is 0.433 e.